The number of methoxy groups -OCH3 is 1. The highest BCUT2D eigenvalue weighted by Crippen LogP contribution is 2.20. The second-order valence-electron chi connectivity index (χ2n) is 4.51. The Balaban J connectivity index is 2.80. The number of carboxylic acids is 1. The number of hydrogen-bond donors (Lipinski definition) is 1. The van der Waals surface area contributed by atoms with Gasteiger partial charge in [0.15, 0.2) is 5.78 Å². The highest BCUT2D eigenvalue weighted by molar-refractivity contribution is 5.98. The fourth-order valence-corrected chi connectivity index (χ4v) is 1.83. The molecule has 1 atom stereocenters. The third kappa shape index (κ3) is 3.87. The lowest BCUT2D eigenvalue weighted by Crippen LogP contribution is -2.11. The Hall–Kier alpha value is -1.84. The number of carbonyl (C=O) groups excluding carboxylic acids is 1. The smallest absolute Gasteiger partial charge is 0.303 e. The molecule has 0 amide bonds. The van der Waals surface area contributed by atoms with Crippen LogP contribution in [0.15, 0.2) is 18.2 Å². The highest BCUT2D eigenvalue weighted by Gasteiger charge is 2.16. The summed E-state index contributed by atoms with van der Waals surface area (Å²) in [5, 5.41) is 8.67. The Labute approximate surface area is 107 Å². The van der Waals surface area contributed by atoms with E-state index in [2.05, 4.69) is 0 Å². The number of carboxylic acid groups (broad SMARTS) is 1. The van der Waals surface area contributed by atoms with E-state index in [1.165, 1.54) is 0 Å². The predicted octanol–water partition coefficient (Wildman–Crippen LogP) is 2.69. The summed E-state index contributed by atoms with van der Waals surface area (Å²) in [7, 11) is 1.55. The van der Waals surface area contributed by atoms with Gasteiger partial charge in [0, 0.05) is 18.4 Å². The van der Waals surface area contributed by atoms with E-state index < -0.39 is 5.97 Å². The third-order valence-electron chi connectivity index (χ3n) is 2.80. The molecule has 0 saturated carbocycles. The lowest BCUT2D eigenvalue weighted by molar-refractivity contribution is -0.137. The minimum atomic E-state index is -0.877. The molecule has 0 aromatic heterocycles. The van der Waals surface area contributed by atoms with Crippen molar-refractivity contribution in [2.24, 2.45) is 5.92 Å². The topological polar surface area (TPSA) is 63.6 Å². The molecule has 0 aliphatic rings. The standard InChI is InChI=1S/C14H18O4/c1-9(7-14(16)17)6-13(15)12-8-11(18-3)5-4-10(12)2/h4-5,8-9H,6-7H2,1-3H3,(H,16,17)/t9-/m0/s1. The largest absolute Gasteiger partial charge is 0.497 e. The van der Waals surface area contributed by atoms with Gasteiger partial charge in [-0.15, -0.1) is 0 Å². The van der Waals surface area contributed by atoms with Crippen LogP contribution in [0, 0.1) is 12.8 Å². The van der Waals surface area contributed by atoms with Crippen molar-refractivity contribution in [2.75, 3.05) is 7.11 Å². The molecule has 0 aliphatic carbocycles. The van der Waals surface area contributed by atoms with Crippen molar-refractivity contribution in [3.63, 3.8) is 0 Å². The number of ether oxygens (including phenoxy) is 1. The zero-order valence-electron chi connectivity index (χ0n) is 10.9. The Morgan fingerprint density at radius 1 is 1.33 bits per heavy atom. The summed E-state index contributed by atoms with van der Waals surface area (Å²) < 4.78 is 5.08. The van der Waals surface area contributed by atoms with Gasteiger partial charge in [-0.1, -0.05) is 13.0 Å². The van der Waals surface area contributed by atoms with Crippen LogP contribution in [0.5, 0.6) is 5.75 Å². The maximum absolute atomic E-state index is 12.1. The lowest BCUT2D eigenvalue weighted by Gasteiger charge is -2.10. The fraction of sp³-hybridized carbons (Fsp3) is 0.429. The zero-order chi connectivity index (χ0) is 13.7. The maximum Gasteiger partial charge on any atom is 0.303 e. The number of Topliss-reactive ketones (excluding diaryl/α,β-unsaturated/α-hetero) is 1. The first-order valence-electron chi connectivity index (χ1n) is 5.83. The van der Waals surface area contributed by atoms with Gasteiger partial charge in [0.1, 0.15) is 5.75 Å². The molecule has 0 bridgehead atoms. The van der Waals surface area contributed by atoms with E-state index in [0.717, 1.165) is 5.56 Å². The average Bonchev–Trinajstić information content (AvgIpc) is 2.28. The Morgan fingerprint density at radius 2 is 2.00 bits per heavy atom. The molecule has 4 nitrogen and oxygen atoms in total. The van der Waals surface area contributed by atoms with E-state index in [0.29, 0.717) is 11.3 Å². The van der Waals surface area contributed by atoms with Gasteiger partial charge in [0.05, 0.1) is 7.11 Å². The number of hydrogen-bond acceptors (Lipinski definition) is 3. The van der Waals surface area contributed by atoms with Gasteiger partial charge in [0.2, 0.25) is 0 Å². The molecule has 1 N–H and O–H groups in total. The summed E-state index contributed by atoms with van der Waals surface area (Å²) >= 11 is 0. The SMILES string of the molecule is COc1ccc(C)c(C(=O)C[C@H](C)CC(=O)O)c1. The first-order chi connectivity index (χ1) is 8.43. The van der Waals surface area contributed by atoms with Gasteiger partial charge in [-0.3, -0.25) is 9.59 Å². The monoisotopic (exact) mass is 250 g/mol. The number of rotatable bonds is 6. The molecule has 0 fully saturated rings. The minimum absolute atomic E-state index is 0.00869. The normalized spacial score (nSPS) is 11.9. The number of carbonyl (C=O) groups is 2. The number of ketones is 1. The quantitative estimate of drug-likeness (QED) is 0.788. The zero-order valence-corrected chi connectivity index (χ0v) is 10.9. The van der Waals surface area contributed by atoms with E-state index in [-0.39, 0.29) is 24.5 Å². The van der Waals surface area contributed by atoms with Crippen LogP contribution in [-0.4, -0.2) is 24.0 Å². The first kappa shape index (κ1) is 14.2. The second kappa shape index (κ2) is 6.19. The van der Waals surface area contributed by atoms with Crippen molar-refractivity contribution < 1.29 is 19.4 Å². The summed E-state index contributed by atoms with van der Waals surface area (Å²) in [5.41, 5.74) is 1.48. The van der Waals surface area contributed by atoms with Crippen molar-refractivity contribution in [1.29, 1.82) is 0 Å². The van der Waals surface area contributed by atoms with E-state index in [1.807, 2.05) is 13.0 Å². The predicted molar refractivity (Wildman–Crippen MR) is 68.1 cm³/mol. The molecule has 0 heterocycles. The molecular weight excluding hydrogens is 232 g/mol. The molecule has 1 aromatic carbocycles. The summed E-state index contributed by atoms with van der Waals surface area (Å²) in [6.07, 6.45) is 0.245. The van der Waals surface area contributed by atoms with E-state index in [4.69, 9.17) is 9.84 Å². The first-order valence-corrected chi connectivity index (χ1v) is 5.83. The Kier molecular flexibility index (Phi) is 4.89. The molecule has 18 heavy (non-hydrogen) atoms. The van der Waals surface area contributed by atoms with E-state index in [9.17, 15) is 9.59 Å². The van der Waals surface area contributed by atoms with Gasteiger partial charge in [-0.2, -0.15) is 0 Å². The van der Waals surface area contributed by atoms with Gasteiger partial charge >= 0.3 is 5.97 Å². The third-order valence-corrected chi connectivity index (χ3v) is 2.80. The number of aryl methyl sites for hydroxylation is 1. The van der Waals surface area contributed by atoms with E-state index >= 15 is 0 Å². The van der Waals surface area contributed by atoms with Crippen LogP contribution >= 0.6 is 0 Å². The van der Waals surface area contributed by atoms with E-state index in [1.54, 1.807) is 26.2 Å². The van der Waals surface area contributed by atoms with Gasteiger partial charge in [-0.05, 0) is 30.5 Å². The molecule has 98 valence electrons. The average molecular weight is 250 g/mol. The molecule has 0 radical (unpaired) electrons. The summed E-state index contributed by atoms with van der Waals surface area (Å²) in [4.78, 5) is 22.6. The molecule has 1 rings (SSSR count). The van der Waals surface area contributed by atoms with Gasteiger partial charge in [-0.25, -0.2) is 0 Å². The van der Waals surface area contributed by atoms with Crippen molar-refractivity contribution in [3.05, 3.63) is 29.3 Å². The van der Waals surface area contributed by atoms with Crippen molar-refractivity contribution in [2.45, 2.75) is 26.7 Å². The van der Waals surface area contributed by atoms with Crippen LogP contribution in [-0.2, 0) is 4.79 Å². The number of aliphatic carboxylic acids is 1. The second-order valence-corrected chi connectivity index (χ2v) is 4.51. The van der Waals surface area contributed by atoms with Crippen LogP contribution in [0.1, 0.15) is 35.7 Å². The van der Waals surface area contributed by atoms with Crippen LogP contribution in [0.3, 0.4) is 0 Å². The molecule has 0 saturated heterocycles. The Bertz CT molecular complexity index is 451. The number of benzene rings is 1. The summed E-state index contributed by atoms with van der Waals surface area (Å²) in [6, 6.07) is 5.33. The minimum Gasteiger partial charge on any atom is -0.497 e. The lowest BCUT2D eigenvalue weighted by atomic mass is 9.95. The van der Waals surface area contributed by atoms with Crippen molar-refractivity contribution in [3.8, 4) is 5.75 Å². The molecule has 0 unspecified atom stereocenters. The summed E-state index contributed by atoms with van der Waals surface area (Å²) in [6.45, 7) is 3.62. The molecular formula is C14H18O4. The molecule has 0 spiro atoms. The maximum atomic E-state index is 12.1. The van der Waals surface area contributed by atoms with Crippen LogP contribution in [0.2, 0.25) is 0 Å². The van der Waals surface area contributed by atoms with Crippen molar-refractivity contribution in [1.82, 2.24) is 0 Å². The van der Waals surface area contributed by atoms with Crippen LogP contribution in [0.4, 0.5) is 0 Å². The Morgan fingerprint density at radius 3 is 2.56 bits per heavy atom. The molecule has 0 aliphatic heterocycles. The summed E-state index contributed by atoms with van der Waals surface area (Å²) in [5.74, 6) is -0.451. The van der Waals surface area contributed by atoms with Crippen LogP contribution in [0.25, 0.3) is 0 Å². The van der Waals surface area contributed by atoms with Gasteiger partial charge in [0.25, 0.3) is 0 Å². The molecule has 4 heteroatoms. The molecule has 1 aromatic rings. The van der Waals surface area contributed by atoms with Crippen LogP contribution < -0.4 is 4.74 Å². The highest BCUT2D eigenvalue weighted by atomic mass is 16.5. The fourth-order valence-electron chi connectivity index (χ4n) is 1.83. The van der Waals surface area contributed by atoms with Gasteiger partial charge < -0.3 is 9.84 Å². The van der Waals surface area contributed by atoms with Crippen molar-refractivity contribution >= 4 is 11.8 Å².